The maximum Gasteiger partial charge on any atom is 0.306 e. The van der Waals surface area contributed by atoms with Crippen molar-refractivity contribution in [1.82, 2.24) is 0 Å². The van der Waals surface area contributed by atoms with Crippen LogP contribution in [0.25, 0.3) is 0 Å². The second-order valence-corrected chi connectivity index (χ2v) is 12.7. The van der Waals surface area contributed by atoms with Gasteiger partial charge in [-0.15, -0.1) is 0 Å². The first kappa shape index (κ1) is 23.5. The van der Waals surface area contributed by atoms with Gasteiger partial charge in [-0.3, -0.25) is 4.79 Å². The van der Waals surface area contributed by atoms with Gasteiger partial charge in [0.05, 0.1) is 12.2 Å². The lowest BCUT2D eigenvalue weighted by atomic mass is 9.50. The van der Waals surface area contributed by atoms with Crippen molar-refractivity contribution in [3.8, 4) is 0 Å². The lowest BCUT2D eigenvalue weighted by Gasteiger charge is -2.55. The summed E-state index contributed by atoms with van der Waals surface area (Å²) < 4.78 is 6.26. The maximum absolute atomic E-state index is 12.9. The molecule has 0 bridgehead atoms. The van der Waals surface area contributed by atoms with Crippen LogP contribution in [0, 0.1) is 46.3 Å². The summed E-state index contributed by atoms with van der Waals surface area (Å²) in [7, 11) is 0. The molecule has 4 aliphatic rings. The topological polar surface area (TPSA) is 66.8 Å². The first-order valence-corrected chi connectivity index (χ1v) is 13.1. The van der Waals surface area contributed by atoms with Crippen molar-refractivity contribution < 1.29 is 19.7 Å². The monoisotopic (exact) mass is 434 g/mol. The number of ether oxygens (including phenoxy) is 1. The summed E-state index contributed by atoms with van der Waals surface area (Å²) in [5.74, 6) is 3.00. The van der Waals surface area contributed by atoms with Crippen LogP contribution in [-0.4, -0.2) is 34.5 Å². The molecule has 1 aliphatic heterocycles. The van der Waals surface area contributed by atoms with E-state index in [4.69, 9.17) is 4.74 Å². The van der Waals surface area contributed by atoms with Gasteiger partial charge in [-0.2, -0.15) is 0 Å². The Kier molecular flexibility index (Phi) is 6.55. The van der Waals surface area contributed by atoms with Crippen molar-refractivity contribution in [2.45, 2.75) is 117 Å². The van der Waals surface area contributed by atoms with Crippen molar-refractivity contribution >= 4 is 5.97 Å². The van der Waals surface area contributed by atoms with Gasteiger partial charge in [-0.05, 0) is 73.0 Å². The third-order valence-electron chi connectivity index (χ3n) is 10.5. The molecule has 0 aromatic carbocycles. The minimum absolute atomic E-state index is 0.0171. The molecule has 178 valence electrons. The van der Waals surface area contributed by atoms with Gasteiger partial charge < -0.3 is 14.9 Å². The summed E-state index contributed by atoms with van der Waals surface area (Å²) in [5, 5.41) is 20.8. The predicted octanol–water partition coefficient (Wildman–Crippen LogP) is 5.34. The van der Waals surface area contributed by atoms with Crippen LogP contribution < -0.4 is 0 Å². The summed E-state index contributed by atoms with van der Waals surface area (Å²) in [6.45, 7) is 11.8. The Morgan fingerprint density at radius 3 is 2.42 bits per heavy atom. The molecule has 0 aromatic rings. The van der Waals surface area contributed by atoms with E-state index < -0.39 is 12.2 Å². The van der Waals surface area contributed by atoms with Crippen LogP contribution in [0.15, 0.2) is 0 Å². The summed E-state index contributed by atoms with van der Waals surface area (Å²) in [4.78, 5) is 12.9. The van der Waals surface area contributed by atoms with E-state index in [9.17, 15) is 15.0 Å². The number of hydrogen-bond acceptors (Lipinski definition) is 4. The molecule has 3 aliphatic carbocycles. The lowest BCUT2D eigenvalue weighted by molar-refractivity contribution is -0.168. The average molecular weight is 435 g/mol. The standard InChI is InChI=1S/C27H46O4/c1-16(2)7-6-8-17(3)19-9-10-20-25-21(11-12-26(19,20)4)27(5)15-23(29)22(28)13-18(27)14-24(30)31-25/h16-23,25,28-29H,6-15H2,1-5H3/t17-,18-,19-,20+,21+,22-,23+,25+,26-,27+/m1/s1. The van der Waals surface area contributed by atoms with Gasteiger partial charge in [0.15, 0.2) is 0 Å². The molecule has 3 saturated carbocycles. The highest BCUT2D eigenvalue weighted by atomic mass is 16.5. The maximum atomic E-state index is 12.9. The Balaban J connectivity index is 1.55. The fraction of sp³-hybridized carbons (Fsp3) is 0.963. The first-order valence-electron chi connectivity index (χ1n) is 13.1. The lowest BCUT2D eigenvalue weighted by Crippen LogP contribution is -2.55. The zero-order valence-corrected chi connectivity index (χ0v) is 20.5. The molecule has 1 heterocycles. The molecular formula is C27H46O4. The van der Waals surface area contributed by atoms with Gasteiger partial charge in [-0.1, -0.05) is 53.9 Å². The van der Waals surface area contributed by atoms with Crippen LogP contribution >= 0.6 is 0 Å². The SMILES string of the molecule is CC(C)CCC[C@@H](C)[C@H]1CC[C@H]2[C@@H]3OC(=O)C[C@H]4C[C@@H](O)[C@@H](O)C[C@]4(C)[C@H]3CC[C@]12C. The Hall–Kier alpha value is -0.610. The second-order valence-electron chi connectivity index (χ2n) is 12.7. The molecule has 0 radical (unpaired) electrons. The van der Waals surface area contributed by atoms with E-state index in [2.05, 4.69) is 34.6 Å². The molecule has 0 aromatic heterocycles. The van der Waals surface area contributed by atoms with Gasteiger partial charge in [0.2, 0.25) is 0 Å². The minimum atomic E-state index is -0.709. The van der Waals surface area contributed by atoms with Crippen molar-refractivity contribution in [2.24, 2.45) is 46.3 Å². The molecule has 0 amide bonds. The first-order chi connectivity index (χ1) is 14.6. The second kappa shape index (κ2) is 8.63. The number of aliphatic hydroxyl groups is 2. The van der Waals surface area contributed by atoms with E-state index in [1.165, 1.54) is 32.1 Å². The Bertz CT molecular complexity index is 662. The van der Waals surface area contributed by atoms with E-state index in [1.54, 1.807) is 0 Å². The zero-order valence-electron chi connectivity index (χ0n) is 20.5. The van der Waals surface area contributed by atoms with Gasteiger partial charge >= 0.3 is 5.97 Å². The van der Waals surface area contributed by atoms with Crippen molar-refractivity contribution in [3.63, 3.8) is 0 Å². The zero-order chi connectivity index (χ0) is 22.6. The Morgan fingerprint density at radius 2 is 1.71 bits per heavy atom. The summed E-state index contributed by atoms with van der Waals surface area (Å²) in [6.07, 6.45) is 8.74. The third-order valence-corrected chi connectivity index (χ3v) is 10.5. The fourth-order valence-corrected chi connectivity index (χ4v) is 8.61. The molecule has 4 fully saturated rings. The number of carbonyl (C=O) groups excluding carboxylic acids is 1. The van der Waals surface area contributed by atoms with E-state index in [-0.39, 0.29) is 28.8 Å². The predicted molar refractivity (Wildman–Crippen MR) is 122 cm³/mol. The van der Waals surface area contributed by atoms with Crippen LogP contribution in [0.5, 0.6) is 0 Å². The normalized spacial score (nSPS) is 48.4. The van der Waals surface area contributed by atoms with Crippen molar-refractivity contribution in [3.05, 3.63) is 0 Å². The number of fused-ring (bicyclic) bond motifs is 5. The molecule has 4 rings (SSSR count). The van der Waals surface area contributed by atoms with E-state index >= 15 is 0 Å². The Labute approximate surface area is 189 Å². The molecule has 31 heavy (non-hydrogen) atoms. The number of rotatable bonds is 5. The van der Waals surface area contributed by atoms with Crippen LogP contribution in [0.1, 0.15) is 98.8 Å². The quantitative estimate of drug-likeness (QED) is 0.573. The van der Waals surface area contributed by atoms with E-state index in [0.717, 1.165) is 30.6 Å². The largest absolute Gasteiger partial charge is 0.462 e. The summed E-state index contributed by atoms with van der Waals surface area (Å²) >= 11 is 0. The highest BCUT2D eigenvalue weighted by Gasteiger charge is 2.62. The van der Waals surface area contributed by atoms with Gasteiger partial charge in [0.1, 0.15) is 6.10 Å². The number of esters is 1. The molecule has 1 saturated heterocycles. The van der Waals surface area contributed by atoms with Crippen LogP contribution in [0.3, 0.4) is 0 Å². The Morgan fingerprint density at radius 1 is 1.00 bits per heavy atom. The van der Waals surface area contributed by atoms with Crippen LogP contribution in [0.4, 0.5) is 0 Å². The van der Waals surface area contributed by atoms with Gasteiger partial charge in [0, 0.05) is 18.3 Å². The third kappa shape index (κ3) is 4.09. The molecule has 0 spiro atoms. The molecule has 0 unspecified atom stereocenters. The average Bonchev–Trinajstić information content (AvgIpc) is 2.98. The number of hydrogen-bond donors (Lipinski definition) is 2. The number of carbonyl (C=O) groups is 1. The van der Waals surface area contributed by atoms with Crippen molar-refractivity contribution in [2.75, 3.05) is 0 Å². The van der Waals surface area contributed by atoms with E-state index in [1.807, 2.05) is 0 Å². The number of aliphatic hydroxyl groups excluding tert-OH is 2. The molecule has 10 atom stereocenters. The van der Waals surface area contributed by atoms with E-state index in [0.29, 0.717) is 31.1 Å². The molecule has 2 N–H and O–H groups in total. The van der Waals surface area contributed by atoms with Gasteiger partial charge in [0.25, 0.3) is 0 Å². The minimum Gasteiger partial charge on any atom is -0.462 e. The fourth-order valence-electron chi connectivity index (χ4n) is 8.61. The van der Waals surface area contributed by atoms with Gasteiger partial charge in [-0.25, -0.2) is 0 Å². The summed E-state index contributed by atoms with van der Waals surface area (Å²) in [6, 6.07) is 0. The smallest absolute Gasteiger partial charge is 0.306 e. The molecule has 4 heteroatoms. The van der Waals surface area contributed by atoms with Crippen molar-refractivity contribution in [1.29, 1.82) is 0 Å². The highest BCUT2D eigenvalue weighted by molar-refractivity contribution is 5.70. The highest BCUT2D eigenvalue weighted by Crippen LogP contribution is 2.65. The van der Waals surface area contributed by atoms with Crippen LogP contribution in [0.2, 0.25) is 0 Å². The van der Waals surface area contributed by atoms with Crippen LogP contribution in [-0.2, 0) is 9.53 Å². The summed E-state index contributed by atoms with van der Waals surface area (Å²) in [5.41, 5.74) is 0.124. The molecular weight excluding hydrogens is 388 g/mol. The molecule has 4 nitrogen and oxygen atoms in total.